The van der Waals surface area contributed by atoms with E-state index in [-0.39, 0.29) is 48.3 Å². The number of rotatable bonds is 13. The molecule has 38 heavy (non-hydrogen) atoms. The van der Waals surface area contributed by atoms with Crippen LogP contribution < -0.4 is 0 Å². The van der Waals surface area contributed by atoms with Crippen LogP contribution in [-0.2, 0) is 33.2 Å². The lowest BCUT2D eigenvalue weighted by Crippen LogP contribution is -2.29. The number of carbonyl (C=O) groups is 1. The minimum atomic E-state index is -3.90. The van der Waals surface area contributed by atoms with Crippen LogP contribution in [-0.4, -0.2) is 44.8 Å². The van der Waals surface area contributed by atoms with E-state index in [4.69, 9.17) is 25.4 Å². The summed E-state index contributed by atoms with van der Waals surface area (Å²) in [7, 11) is -7.76. The molecule has 1 heterocycles. The Morgan fingerprint density at radius 2 is 1.61 bits per heavy atom. The largest absolute Gasteiger partial charge is 0.477 e. The minimum absolute atomic E-state index is 0.115. The van der Waals surface area contributed by atoms with Crippen molar-refractivity contribution < 1.29 is 31.6 Å². The Hall–Kier alpha value is -2.00. The van der Waals surface area contributed by atoms with Gasteiger partial charge < -0.3 is 13.8 Å². The highest BCUT2D eigenvalue weighted by Gasteiger charge is 2.42. The van der Waals surface area contributed by atoms with Gasteiger partial charge in [-0.05, 0) is 51.5 Å². The van der Waals surface area contributed by atoms with Crippen molar-refractivity contribution in [2.45, 2.75) is 57.7 Å². The molecule has 0 N–H and O–H groups in total. The third-order valence-electron chi connectivity index (χ3n) is 6.06. The second-order valence-corrected chi connectivity index (χ2v) is 13.4. The highest BCUT2D eigenvalue weighted by molar-refractivity contribution is 7.89. The predicted octanol–water partition coefficient (Wildman–Crippen LogP) is 6.65. The topological polar surface area (TPSA) is 99.2 Å². The summed E-state index contributed by atoms with van der Waals surface area (Å²) in [6, 6.07) is 13.1. The third-order valence-corrected chi connectivity index (χ3v) is 10.3. The molecule has 1 unspecified atom stereocenters. The van der Waals surface area contributed by atoms with Gasteiger partial charge in [0.1, 0.15) is 5.76 Å². The molecular weight excluding hydrogens is 549 g/mol. The van der Waals surface area contributed by atoms with Crippen molar-refractivity contribution in [3.63, 3.8) is 0 Å². The molecule has 0 spiro atoms. The van der Waals surface area contributed by atoms with E-state index in [9.17, 15) is 17.8 Å². The zero-order valence-corrected chi connectivity index (χ0v) is 24.7. The van der Waals surface area contributed by atoms with E-state index in [0.717, 1.165) is 16.3 Å². The van der Waals surface area contributed by atoms with Crippen LogP contribution in [0.3, 0.4) is 0 Å². The van der Waals surface area contributed by atoms with Crippen LogP contribution >= 0.6 is 19.2 Å². The van der Waals surface area contributed by atoms with Crippen molar-refractivity contribution >= 4 is 35.0 Å². The number of allylic oxidation sites excluding steroid dienone is 1. The molecule has 0 bridgehead atoms. The zero-order valence-electron chi connectivity index (χ0n) is 22.2. The van der Waals surface area contributed by atoms with Crippen LogP contribution in [0.5, 0.6) is 0 Å². The molecule has 3 rings (SSSR count). The van der Waals surface area contributed by atoms with Crippen LogP contribution in [0.4, 0.5) is 0 Å². The van der Waals surface area contributed by atoms with Gasteiger partial charge >= 0.3 is 7.60 Å². The number of ether oxygens (including phenoxy) is 1. The second kappa shape index (κ2) is 13.4. The van der Waals surface area contributed by atoms with Gasteiger partial charge in [0.2, 0.25) is 15.9 Å². The van der Waals surface area contributed by atoms with Gasteiger partial charge in [-0.25, -0.2) is 8.42 Å². The molecule has 2 aromatic rings. The smallest absolute Gasteiger partial charge is 0.375 e. The van der Waals surface area contributed by atoms with Crippen molar-refractivity contribution in [2.75, 3.05) is 26.3 Å². The third kappa shape index (κ3) is 7.14. The Morgan fingerprint density at radius 3 is 2.16 bits per heavy atom. The normalized spacial score (nSPS) is 17.0. The van der Waals surface area contributed by atoms with Gasteiger partial charge in [-0.15, -0.1) is 0 Å². The molecule has 8 nitrogen and oxygen atoms in total. The summed E-state index contributed by atoms with van der Waals surface area (Å²) >= 11 is 6.08. The highest BCUT2D eigenvalue weighted by Crippen LogP contribution is 2.62. The molecule has 208 valence electrons. The van der Waals surface area contributed by atoms with Crippen molar-refractivity contribution in [3.8, 4) is 0 Å². The van der Waals surface area contributed by atoms with E-state index < -0.39 is 23.5 Å². The second-order valence-electron chi connectivity index (χ2n) is 8.91. The lowest BCUT2D eigenvalue weighted by atomic mass is 10.1. The number of carbonyl (C=O) groups excluding carboxylic acids is 1. The predicted molar refractivity (Wildman–Crippen MR) is 148 cm³/mol. The fourth-order valence-corrected chi connectivity index (χ4v) is 7.43. The number of aryl methyl sites for hydroxylation is 1. The molecule has 0 saturated carbocycles. The summed E-state index contributed by atoms with van der Waals surface area (Å²) < 4.78 is 59.3. The Balaban J connectivity index is 2.05. The summed E-state index contributed by atoms with van der Waals surface area (Å²) in [6.07, 6.45) is 1.84. The van der Waals surface area contributed by atoms with E-state index in [1.807, 2.05) is 13.8 Å². The molecule has 1 atom stereocenters. The first-order valence-electron chi connectivity index (χ1n) is 12.7. The fourth-order valence-electron chi connectivity index (χ4n) is 4.08. The van der Waals surface area contributed by atoms with Crippen LogP contribution in [0.1, 0.15) is 57.0 Å². The fraction of sp³-hybridized carbons (Fsp3) is 0.444. The molecule has 0 aromatic heterocycles. The van der Waals surface area contributed by atoms with E-state index in [1.165, 1.54) is 12.1 Å². The number of hydrogen-bond acceptors (Lipinski definition) is 7. The summed E-state index contributed by atoms with van der Waals surface area (Å²) in [6.45, 7) is 7.06. The average molecular weight is 584 g/mol. The van der Waals surface area contributed by atoms with E-state index >= 15 is 0 Å². The summed E-state index contributed by atoms with van der Waals surface area (Å²) in [5.41, 5.74) is 1.68. The van der Waals surface area contributed by atoms with Gasteiger partial charge in [0.15, 0.2) is 5.78 Å². The molecule has 1 aliphatic heterocycles. The Labute approximate surface area is 230 Å². The quantitative estimate of drug-likeness (QED) is 0.148. The maximum Gasteiger partial charge on any atom is 0.375 e. The molecule has 1 fully saturated rings. The number of halogens is 1. The van der Waals surface area contributed by atoms with Gasteiger partial charge in [0.05, 0.1) is 24.7 Å². The summed E-state index contributed by atoms with van der Waals surface area (Å²) in [4.78, 5) is 13.3. The summed E-state index contributed by atoms with van der Waals surface area (Å²) in [5, 5.41) is 0.489. The molecule has 0 amide bonds. The molecule has 2 aromatic carbocycles. The molecule has 11 heteroatoms. The Kier molecular flexibility index (Phi) is 10.7. The summed E-state index contributed by atoms with van der Waals surface area (Å²) in [5.74, 6) is -1.24. The van der Waals surface area contributed by atoms with Crippen LogP contribution in [0, 0.1) is 6.92 Å². The van der Waals surface area contributed by atoms with Crippen LogP contribution in [0.2, 0.25) is 5.02 Å². The minimum Gasteiger partial charge on any atom is -0.477 e. The first-order chi connectivity index (χ1) is 18.1. The Bertz CT molecular complexity index is 1280. The monoisotopic (exact) mass is 583 g/mol. The number of hydrogen-bond donors (Lipinski definition) is 0. The van der Waals surface area contributed by atoms with E-state index in [1.54, 1.807) is 50.2 Å². The number of Topliss-reactive ketones (excluding diaryl/α,β-unsaturated/α-hetero) is 1. The van der Waals surface area contributed by atoms with Gasteiger partial charge in [0.25, 0.3) is 0 Å². The van der Waals surface area contributed by atoms with E-state index in [0.29, 0.717) is 23.4 Å². The lowest BCUT2D eigenvalue weighted by Gasteiger charge is -2.29. The first kappa shape index (κ1) is 30.5. The molecular formula is C27H35ClNO7PS. The molecule has 1 saturated heterocycles. The average Bonchev–Trinajstić information content (AvgIpc) is 3.28. The van der Waals surface area contributed by atoms with Crippen LogP contribution in [0.25, 0.3) is 0 Å². The molecule has 1 aliphatic rings. The van der Waals surface area contributed by atoms with Gasteiger partial charge in [0, 0.05) is 29.1 Å². The Morgan fingerprint density at radius 1 is 1.00 bits per heavy atom. The SMILES string of the molecule is CCCC/C(OC(c1ccc(Cl)cc1)P(=O)(OCC)OCC)=C1/CN(S(=O)(=O)c2ccc(C)cc2)CC1=O. The highest BCUT2D eigenvalue weighted by atomic mass is 35.5. The van der Waals surface area contributed by atoms with Crippen molar-refractivity contribution in [1.29, 1.82) is 0 Å². The van der Waals surface area contributed by atoms with Crippen molar-refractivity contribution in [2.24, 2.45) is 0 Å². The van der Waals surface area contributed by atoms with E-state index in [2.05, 4.69) is 0 Å². The maximum atomic E-state index is 13.9. The van der Waals surface area contributed by atoms with Gasteiger partial charge in [-0.2, -0.15) is 4.31 Å². The number of ketones is 1. The van der Waals surface area contributed by atoms with Crippen molar-refractivity contribution in [3.05, 3.63) is 76.0 Å². The zero-order chi connectivity index (χ0) is 27.9. The number of unbranched alkanes of at least 4 members (excludes halogenated alkanes) is 1. The lowest BCUT2D eigenvalue weighted by molar-refractivity contribution is -0.114. The number of benzene rings is 2. The first-order valence-corrected chi connectivity index (χ1v) is 16.1. The molecule has 0 aliphatic carbocycles. The molecule has 0 radical (unpaired) electrons. The van der Waals surface area contributed by atoms with Gasteiger partial charge in [-0.1, -0.05) is 54.8 Å². The standard InChI is InChI=1S/C27H35ClNO7PS/c1-5-8-9-26(24-18-29(19-25(24)30)38(32,33)23-16-10-20(4)11-17-23)36-27(21-12-14-22(28)15-13-21)37(31,34-6-2)35-7-3/h10-17,27H,5-9,18-19H2,1-4H3/b26-24+. The number of nitrogens with zero attached hydrogens (tertiary/aromatic N) is 1. The maximum absolute atomic E-state index is 13.9. The van der Waals surface area contributed by atoms with Gasteiger partial charge in [-0.3, -0.25) is 9.36 Å². The van der Waals surface area contributed by atoms with Crippen LogP contribution in [0.15, 0.2) is 64.8 Å². The number of sulfonamides is 1. The van der Waals surface area contributed by atoms with Crippen molar-refractivity contribution in [1.82, 2.24) is 4.31 Å².